The van der Waals surface area contributed by atoms with Crippen molar-refractivity contribution in [3.05, 3.63) is 63.6 Å². The lowest BCUT2D eigenvalue weighted by Crippen LogP contribution is -2.11. The molecule has 5 heteroatoms. The fraction of sp³-hybridized carbons (Fsp3) is 0.0714. The Labute approximate surface area is 121 Å². The number of benzene rings is 2. The highest BCUT2D eigenvalue weighted by Crippen LogP contribution is 2.25. The molecule has 0 saturated heterocycles. The second-order valence-corrected chi connectivity index (χ2v) is 4.89. The highest BCUT2D eigenvalue weighted by atomic mass is 35.5. The van der Waals surface area contributed by atoms with Crippen molar-refractivity contribution < 1.29 is 4.79 Å². The van der Waals surface area contributed by atoms with Crippen LogP contribution in [0.5, 0.6) is 0 Å². The van der Waals surface area contributed by atoms with Crippen molar-refractivity contribution in [2.24, 2.45) is 5.73 Å². The van der Waals surface area contributed by atoms with E-state index in [1.807, 2.05) is 6.07 Å². The van der Waals surface area contributed by atoms with E-state index in [0.717, 1.165) is 11.3 Å². The molecule has 0 spiro atoms. The Hall–Kier alpha value is -1.71. The molecule has 0 aliphatic rings. The third-order valence-corrected chi connectivity index (χ3v) is 3.19. The number of rotatable bonds is 4. The molecule has 1 amide bonds. The van der Waals surface area contributed by atoms with Crippen LogP contribution in [0.15, 0.2) is 42.5 Å². The maximum atomic E-state index is 11.1. The van der Waals surface area contributed by atoms with Gasteiger partial charge in [-0.05, 0) is 35.9 Å². The van der Waals surface area contributed by atoms with Gasteiger partial charge in [-0.1, -0.05) is 35.3 Å². The summed E-state index contributed by atoms with van der Waals surface area (Å²) in [5, 5.41) is 4.37. The van der Waals surface area contributed by atoms with Crippen LogP contribution >= 0.6 is 23.2 Å². The van der Waals surface area contributed by atoms with E-state index in [1.54, 1.807) is 36.4 Å². The summed E-state index contributed by atoms with van der Waals surface area (Å²) >= 11 is 12.0. The van der Waals surface area contributed by atoms with Gasteiger partial charge in [-0.15, -0.1) is 0 Å². The van der Waals surface area contributed by atoms with Crippen molar-refractivity contribution in [1.82, 2.24) is 0 Å². The van der Waals surface area contributed by atoms with Crippen LogP contribution in [-0.4, -0.2) is 5.91 Å². The molecule has 2 aromatic rings. The molecule has 0 aliphatic heterocycles. The van der Waals surface area contributed by atoms with Crippen LogP contribution in [-0.2, 0) is 6.54 Å². The first kappa shape index (κ1) is 13.7. The highest BCUT2D eigenvalue weighted by Gasteiger charge is 2.03. The monoisotopic (exact) mass is 294 g/mol. The molecule has 3 nitrogen and oxygen atoms in total. The molecule has 0 radical (unpaired) electrons. The Bertz CT molecular complexity index is 614. The van der Waals surface area contributed by atoms with Crippen LogP contribution in [0, 0.1) is 0 Å². The first-order chi connectivity index (χ1) is 9.06. The second kappa shape index (κ2) is 5.95. The Morgan fingerprint density at radius 2 is 1.95 bits per heavy atom. The SMILES string of the molecule is NC(=O)c1cccc(CNc2cc(Cl)ccc2Cl)c1. The Balaban J connectivity index is 2.12. The molecule has 98 valence electrons. The van der Waals surface area contributed by atoms with Crippen LogP contribution in [0.25, 0.3) is 0 Å². The predicted molar refractivity (Wildman–Crippen MR) is 78.7 cm³/mol. The number of carbonyl (C=O) groups excluding carboxylic acids is 1. The number of nitrogens with one attached hydrogen (secondary N) is 1. The average Bonchev–Trinajstić information content (AvgIpc) is 2.40. The van der Waals surface area contributed by atoms with Crippen molar-refractivity contribution in [3.63, 3.8) is 0 Å². The zero-order valence-corrected chi connectivity index (χ0v) is 11.5. The summed E-state index contributed by atoms with van der Waals surface area (Å²) in [5.41, 5.74) is 7.40. The average molecular weight is 295 g/mol. The van der Waals surface area contributed by atoms with Gasteiger partial charge in [0.05, 0.1) is 10.7 Å². The number of hydrogen-bond acceptors (Lipinski definition) is 2. The normalized spacial score (nSPS) is 10.2. The number of anilines is 1. The van der Waals surface area contributed by atoms with Crippen LogP contribution < -0.4 is 11.1 Å². The van der Waals surface area contributed by atoms with Crippen LogP contribution in [0.4, 0.5) is 5.69 Å². The summed E-state index contributed by atoms with van der Waals surface area (Å²) in [5.74, 6) is -0.442. The third-order valence-electron chi connectivity index (χ3n) is 2.62. The molecule has 0 atom stereocenters. The van der Waals surface area contributed by atoms with E-state index in [9.17, 15) is 4.79 Å². The zero-order chi connectivity index (χ0) is 13.8. The lowest BCUT2D eigenvalue weighted by atomic mass is 10.1. The highest BCUT2D eigenvalue weighted by molar-refractivity contribution is 6.35. The van der Waals surface area contributed by atoms with E-state index in [4.69, 9.17) is 28.9 Å². The molecule has 19 heavy (non-hydrogen) atoms. The van der Waals surface area contributed by atoms with Crippen molar-refractivity contribution in [3.8, 4) is 0 Å². The summed E-state index contributed by atoms with van der Waals surface area (Å²) in [6.45, 7) is 0.529. The summed E-state index contributed by atoms with van der Waals surface area (Å²) in [4.78, 5) is 11.1. The van der Waals surface area contributed by atoms with Gasteiger partial charge < -0.3 is 11.1 Å². The third kappa shape index (κ3) is 3.63. The van der Waals surface area contributed by atoms with Gasteiger partial charge in [0, 0.05) is 17.1 Å². The molecule has 2 rings (SSSR count). The maximum Gasteiger partial charge on any atom is 0.248 e. The molecule has 0 aromatic heterocycles. The van der Waals surface area contributed by atoms with E-state index < -0.39 is 5.91 Å². The second-order valence-electron chi connectivity index (χ2n) is 4.04. The van der Waals surface area contributed by atoms with Crippen LogP contribution in [0.3, 0.4) is 0 Å². The largest absolute Gasteiger partial charge is 0.380 e. The minimum absolute atomic E-state index is 0.442. The fourth-order valence-electron chi connectivity index (χ4n) is 1.66. The Morgan fingerprint density at radius 1 is 1.16 bits per heavy atom. The molecule has 0 aliphatic carbocycles. The van der Waals surface area contributed by atoms with Crippen molar-refractivity contribution in [1.29, 1.82) is 0 Å². The minimum atomic E-state index is -0.442. The van der Waals surface area contributed by atoms with E-state index >= 15 is 0 Å². The number of carbonyl (C=O) groups is 1. The summed E-state index contributed by atoms with van der Waals surface area (Å²) in [6.07, 6.45) is 0. The number of halogens is 2. The molecule has 2 aromatic carbocycles. The lowest BCUT2D eigenvalue weighted by molar-refractivity contribution is 0.1000. The quantitative estimate of drug-likeness (QED) is 0.903. The number of primary amides is 1. The minimum Gasteiger partial charge on any atom is -0.380 e. The van der Waals surface area contributed by atoms with Gasteiger partial charge in [0.15, 0.2) is 0 Å². The smallest absolute Gasteiger partial charge is 0.248 e. The van der Waals surface area contributed by atoms with Gasteiger partial charge in [0.1, 0.15) is 0 Å². The van der Waals surface area contributed by atoms with E-state index in [0.29, 0.717) is 22.2 Å². The van der Waals surface area contributed by atoms with E-state index in [2.05, 4.69) is 5.32 Å². The molecule has 0 saturated carbocycles. The van der Waals surface area contributed by atoms with Gasteiger partial charge in [-0.2, -0.15) is 0 Å². The standard InChI is InChI=1S/C14H12Cl2N2O/c15-11-4-5-12(16)13(7-11)18-8-9-2-1-3-10(6-9)14(17)19/h1-7,18H,8H2,(H2,17,19). The fourth-order valence-corrected chi connectivity index (χ4v) is 2.02. The molecule has 0 bridgehead atoms. The maximum absolute atomic E-state index is 11.1. The van der Waals surface area contributed by atoms with Crippen molar-refractivity contribution in [2.45, 2.75) is 6.54 Å². The predicted octanol–water partition coefficient (Wildman–Crippen LogP) is 3.70. The first-order valence-corrected chi connectivity index (χ1v) is 6.39. The number of nitrogens with two attached hydrogens (primary N) is 1. The van der Waals surface area contributed by atoms with E-state index in [1.165, 1.54) is 0 Å². The molecule has 3 N–H and O–H groups in total. The van der Waals surface area contributed by atoms with Gasteiger partial charge in [-0.25, -0.2) is 0 Å². The van der Waals surface area contributed by atoms with Crippen LogP contribution in [0.1, 0.15) is 15.9 Å². The van der Waals surface area contributed by atoms with Gasteiger partial charge in [0.2, 0.25) is 5.91 Å². The molecule has 0 heterocycles. The number of hydrogen-bond donors (Lipinski definition) is 2. The Morgan fingerprint density at radius 3 is 2.68 bits per heavy atom. The number of amides is 1. The topological polar surface area (TPSA) is 55.1 Å². The van der Waals surface area contributed by atoms with E-state index in [-0.39, 0.29) is 0 Å². The molecular weight excluding hydrogens is 283 g/mol. The van der Waals surface area contributed by atoms with Crippen LogP contribution in [0.2, 0.25) is 10.0 Å². The molecule has 0 unspecified atom stereocenters. The van der Waals surface area contributed by atoms with Gasteiger partial charge in [0.25, 0.3) is 0 Å². The molecule has 0 fully saturated rings. The summed E-state index contributed by atoms with van der Waals surface area (Å²) in [7, 11) is 0. The Kier molecular flexibility index (Phi) is 4.30. The van der Waals surface area contributed by atoms with Gasteiger partial charge >= 0.3 is 0 Å². The summed E-state index contributed by atoms with van der Waals surface area (Å²) < 4.78 is 0. The first-order valence-electron chi connectivity index (χ1n) is 5.64. The van der Waals surface area contributed by atoms with Gasteiger partial charge in [-0.3, -0.25) is 4.79 Å². The van der Waals surface area contributed by atoms with Crippen molar-refractivity contribution >= 4 is 34.8 Å². The lowest BCUT2D eigenvalue weighted by Gasteiger charge is -2.09. The zero-order valence-electron chi connectivity index (χ0n) is 9.99. The van der Waals surface area contributed by atoms with Crippen molar-refractivity contribution in [2.75, 3.05) is 5.32 Å². The summed E-state index contributed by atoms with van der Waals surface area (Å²) in [6, 6.07) is 12.3. The molecular formula is C14H12Cl2N2O.